The summed E-state index contributed by atoms with van der Waals surface area (Å²) in [6.45, 7) is 1.65. The molecule has 1 N–H and O–H groups in total. The molecule has 2 heterocycles. The molecule has 15 heavy (non-hydrogen) atoms. The maximum Gasteiger partial charge on any atom is 0.132 e. The first kappa shape index (κ1) is 12.7. The molecule has 1 unspecified atom stereocenters. The van der Waals surface area contributed by atoms with Crippen molar-refractivity contribution in [2.75, 3.05) is 13.0 Å². The highest BCUT2D eigenvalue weighted by atomic mass is 35.5. The van der Waals surface area contributed by atoms with Crippen LogP contribution in [0.1, 0.15) is 12.5 Å². The van der Waals surface area contributed by atoms with Crippen molar-refractivity contribution < 1.29 is 9.84 Å². The van der Waals surface area contributed by atoms with Crippen LogP contribution >= 0.6 is 23.4 Å². The fourth-order valence-corrected chi connectivity index (χ4v) is 2.03. The fraction of sp³-hybridized carbons (Fsp3) is 0.455. The van der Waals surface area contributed by atoms with Gasteiger partial charge in [0.15, 0.2) is 0 Å². The van der Waals surface area contributed by atoms with Crippen molar-refractivity contribution in [2.45, 2.75) is 23.7 Å². The van der Waals surface area contributed by atoms with E-state index >= 15 is 0 Å². The van der Waals surface area contributed by atoms with E-state index in [4.69, 9.17) is 21.4 Å². The number of ether oxygens (including phenoxy) is 1. The van der Waals surface area contributed by atoms with Gasteiger partial charge in [0.2, 0.25) is 0 Å². The quantitative estimate of drug-likeness (QED) is 0.814. The molecule has 0 aliphatic carbocycles. The molecule has 1 atom stereocenters. The highest BCUT2D eigenvalue weighted by Crippen LogP contribution is 2.37. The minimum Gasteiger partial charge on any atom is -0.496 e. The highest BCUT2D eigenvalue weighted by Gasteiger charge is 2.10. The van der Waals surface area contributed by atoms with E-state index in [0.717, 1.165) is 11.5 Å². The third kappa shape index (κ3) is 3.93. The van der Waals surface area contributed by atoms with Crippen LogP contribution in [0.15, 0.2) is 23.1 Å². The Morgan fingerprint density at radius 1 is 1.60 bits per heavy atom. The zero-order valence-electron chi connectivity index (χ0n) is 8.87. The lowest BCUT2D eigenvalue weighted by atomic mass is 10.2. The Labute approximate surface area is 99.6 Å². The van der Waals surface area contributed by atoms with Crippen LogP contribution in [-0.4, -0.2) is 24.2 Å². The van der Waals surface area contributed by atoms with Gasteiger partial charge in [0.05, 0.1) is 13.2 Å². The lowest BCUT2D eigenvalue weighted by Gasteiger charge is -2.15. The van der Waals surface area contributed by atoms with Gasteiger partial charge in [-0.05, 0) is 24.6 Å². The number of rotatable bonds is 2. The van der Waals surface area contributed by atoms with Gasteiger partial charge in [0.1, 0.15) is 5.75 Å². The second-order valence-corrected chi connectivity index (χ2v) is 4.60. The van der Waals surface area contributed by atoms with Crippen LogP contribution in [0.4, 0.5) is 0 Å². The summed E-state index contributed by atoms with van der Waals surface area (Å²) in [7, 11) is 1.72. The Kier molecular flexibility index (Phi) is 5.29. The monoisotopic (exact) mass is 246 g/mol. The first-order chi connectivity index (χ1) is 7.17. The van der Waals surface area contributed by atoms with E-state index in [-0.39, 0.29) is 6.10 Å². The molecule has 0 fully saturated rings. The van der Waals surface area contributed by atoms with Gasteiger partial charge in [-0.3, -0.25) is 0 Å². The molecule has 0 radical (unpaired) electrons. The maximum absolute atomic E-state index is 8.23. The van der Waals surface area contributed by atoms with Gasteiger partial charge < -0.3 is 9.84 Å². The second-order valence-electron chi connectivity index (χ2n) is 3.28. The summed E-state index contributed by atoms with van der Waals surface area (Å²) in [5.41, 5.74) is 1.36. The molecular formula is C11H15ClO2S. The number of fused-ring (bicyclic) bond motifs is 3. The summed E-state index contributed by atoms with van der Waals surface area (Å²) in [6.07, 6.45) is -0.350. The molecule has 0 spiro atoms. The Morgan fingerprint density at radius 3 is 2.47 bits per heavy atom. The number of hydrogen-bond donors (Lipinski definition) is 1. The summed E-state index contributed by atoms with van der Waals surface area (Å²) < 4.78 is 5.16. The van der Waals surface area contributed by atoms with Crippen molar-refractivity contribution in [3.8, 4) is 5.75 Å². The first-order valence-electron chi connectivity index (χ1n) is 4.71. The van der Waals surface area contributed by atoms with E-state index in [1.807, 2.05) is 11.8 Å². The molecule has 84 valence electrons. The van der Waals surface area contributed by atoms with Crippen LogP contribution in [0, 0.1) is 0 Å². The van der Waals surface area contributed by atoms with Crippen LogP contribution in [-0.2, 0) is 5.75 Å². The molecule has 3 rings (SSSR count). The first-order valence-corrected chi connectivity index (χ1v) is 6.23. The summed E-state index contributed by atoms with van der Waals surface area (Å²) in [6, 6.07) is 6.36. The van der Waals surface area contributed by atoms with Crippen molar-refractivity contribution in [1.82, 2.24) is 0 Å². The van der Waals surface area contributed by atoms with Gasteiger partial charge in [-0.25, -0.2) is 0 Å². The van der Waals surface area contributed by atoms with Crippen molar-refractivity contribution >= 4 is 23.4 Å². The summed E-state index contributed by atoms with van der Waals surface area (Å²) in [5.74, 6) is 2.47. The highest BCUT2D eigenvalue weighted by molar-refractivity contribution is 7.98. The van der Waals surface area contributed by atoms with E-state index < -0.39 is 0 Å². The van der Waals surface area contributed by atoms with E-state index in [1.165, 1.54) is 10.5 Å². The second kappa shape index (κ2) is 6.26. The lowest BCUT2D eigenvalue weighted by molar-refractivity contribution is 0.219. The smallest absolute Gasteiger partial charge is 0.132 e. The summed E-state index contributed by atoms with van der Waals surface area (Å²) >= 11 is 6.93. The van der Waals surface area contributed by atoms with Gasteiger partial charge >= 0.3 is 0 Å². The fourth-order valence-electron chi connectivity index (χ4n) is 1.08. The van der Waals surface area contributed by atoms with Crippen molar-refractivity contribution in [3.05, 3.63) is 23.8 Å². The molecule has 0 saturated heterocycles. The SMILES string of the molecule is CC(O)CCl.COc1cc2ccc1SC2. The van der Waals surface area contributed by atoms with Crippen LogP contribution in [0.3, 0.4) is 0 Å². The largest absolute Gasteiger partial charge is 0.496 e. The van der Waals surface area contributed by atoms with Gasteiger partial charge in [0.25, 0.3) is 0 Å². The molecule has 0 aromatic heterocycles. The maximum atomic E-state index is 8.23. The molecule has 0 amide bonds. The van der Waals surface area contributed by atoms with Crippen LogP contribution in [0.25, 0.3) is 0 Å². The van der Waals surface area contributed by atoms with Crippen molar-refractivity contribution in [1.29, 1.82) is 0 Å². The van der Waals surface area contributed by atoms with E-state index in [1.54, 1.807) is 14.0 Å². The van der Waals surface area contributed by atoms with E-state index in [0.29, 0.717) is 5.88 Å². The number of hydrogen-bond acceptors (Lipinski definition) is 3. The Bertz CT molecular complexity index is 315. The number of halogens is 1. The number of benzene rings is 1. The number of alkyl halides is 1. The third-order valence-corrected chi connectivity index (χ3v) is 3.42. The number of thioether (sulfide) groups is 1. The Balaban J connectivity index is 0.000000195. The minimum atomic E-state index is -0.350. The summed E-state index contributed by atoms with van der Waals surface area (Å²) in [4.78, 5) is 1.26. The third-order valence-electron chi connectivity index (χ3n) is 1.85. The molecular weight excluding hydrogens is 232 g/mol. The molecule has 1 aromatic carbocycles. The normalized spacial score (nSPS) is 14.1. The lowest BCUT2D eigenvalue weighted by Crippen LogP contribution is -1.98. The van der Waals surface area contributed by atoms with E-state index in [9.17, 15) is 0 Å². The van der Waals surface area contributed by atoms with Crippen molar-refractivity contribution in [2.24, 2.45) is 0 Å². The zero-order valence-corrected chi connectivity index (χ0v) is 10.4. The topological polar surface area (TPSA) is 29.5 Å². The molecule has 2 aliphatic heterocycles. The standard InChI is InChI=1S/C8H8OS.C3H7ClO/c1-9-7-4-6-2-3-8(7)10-5-6;1-3(5)2-4/h2-4H,5H2,1H3;3,5H,2H2,1H3. The van der Waals surface area contributed by atoms with Gasteiger partial charge in [0, 0.05) is 16.5 Å². The van der Waals surface area contributed by atoms with Gasteiger partial charge in [-0.2, -0.15) is 0 Å². The molecule has 0 saturated carbocycles. The summed E-state index contributed by atoms with van der Waals surface area (Å²) in [5, 5.41) is 8.23. The van der Waals surface area contributed by atoms with Gasteiger partial charge in [-0.15, -0.1) is 23.4 Å². The Morgan fingerprint density at radius 2 is 2.27 bits per heavy atom. The molecule has 1 aromatic rings. The minimum absolute atomic E-state index is 0.333. The Hall–Kier alpha value is -0.380. The van der Waals surface area contributed by atoms with Crippen LogP contribution in [0.5, 0.6) is 5.75 Å². The molecule has 4 heteroatoms. The number of aliphatic hydroxyl groups excluding tert-OH is 1. The van der Waals surface area contributed by atoms with Crippen LogP contribution in [0.2, 0.25) is 0 Å². The van der Waals surface area contributed by atoms with Crippen molar-refractivity contribution in [3.63, 3.8) is 0 Å². The average Bonchev–Trinajstić information content (AvgIpc) is 2.31. The number of methoxy groups -OCH3 is 1. The average molecular weight is 247 g/mol. The predicted molar refractivity (Wildman–Crippen MR) is 65.0 cm³/mol. The molecule has 2 aliphatic rings. The zero-order chi connectivity index (χ0) is 11.3. The molecule has 2 nitrogen and oxygen atoms in total. The predicted octanol–water partition coefficient (Wildman–Crippen LogP) is 2.91. The number of aliphatic hydroxyl groups is 1. The van der Waals surface area contributed by atoms with Gasteiger partial charge in [-0.1, -0.05) is 6.07 Å². The molecule has 2 bridgehead atoms. The van der Waals surface area contributed by atoms with E-state index in [2.05, 4.69) is 18.2 Å². The van der Waals surface area contributed by atoms with Crippen LogP contribution < -0.4 is 4.74 Å².